The highest BCUT2D eigenvalue weighted by Crippen LogP contribution is 2.36. The first-order valence-corrected chi connectivity index (χ1v) is 17.9. The van der Waals surface area contributed by atoms with Gasteiger partial charge in [-0.1, -0.05) is 61.5 Å². The molecule has 1 fully saturated rings. The van der Waals surface area contributed by atoms with Crippen LogP contribution < -0.4 is 15.4 Å². The number of carbonyl (C=O) groups excluding carboxylic acids is 3. The summed E-state index contributed by atoms with van der Waals surface area (Å²) in [7, 11) is 0. The number of nitrogens with zero attached hydrogens (tertiary/aromatic N) is 1. The summed E-state index contributed by atoms with van der Waals surface area (Å²) in [5.41, 5.74) is 8.01. The number of amides is 3. The molecule has 0 aromatic heterocycles. The number of imide groups is 1. The molecule has 4 aromatic rings. The smallest absolute Gasteiger partial charge is 0.255 e. The number of benzene rings is 4. The Morgan fingerprint density at radius 1 is 0.827 bits per heavy atom. The first-order chi connectivity index (χ1) is 25.4. The Kier molecular flexibility index (Phi) is 12.3. The van der Waals surface area contributed by atoms with Crippen LogP contribution in [-0.4, -0.2) is 73.3 Å². The number of rotatable bonds is 17. The predicted molar refractivity (Wildman–Crippen MR) is 200 cm³/mol. The van der Waals surface area contributed by atoms with Crippen LogP contribution in [0.15, 0.2) is 97.1 Å². The van der Waals surface area contributed by atoms with Gasteiger partial charge in [-0.25, -0.2) is 0 Å². The number of aromatic hydroxyl groups is 1. The van der Waals surface area contributed by atoms with E-state index >= 15 is 0 Å². The molecule has 1 saturated heterocycles. The molecule has 0 saturated carbocycles. The molecule has 3 N–H and O–H groups in total. The van der Waals surface area contributed by atoms with Gasteiger partial charge in [-0.3, -0.25) is 19.7 Å². The molecule has 1 unspecified atom stereocenters. The van der Waals surface area contributed by atoms with E-state index in [0.29, 0.717) is 58.1 Å². The minimum atomic E-state index is -0.615. The van der Waals surface area contributed by atoms with Gasteiger partial charge in [-0.2, -0.15) is 0 Å². The van der Waals surface area contributed by atoms with Gasteiger partial charge < -0.3 is 29.5 Å². The maximum absolute atomic E-state index is 12.9. The van der Waals surface area contributed by atoms with Crippen molar-refractivity contribution in [1.82, 2.24) is 10.2 Å². The van der Waals surface area contributed by atoms with E-state index in [1.807, 2.05) is 42.5 Å². The van der Waals surface area contributed by atoms with Gasteiger partial charge in [-0.15, -0.1) is 0 Å². The fraction of sp³-hybridized carbons (Fsp3) is 0.310. The second-order valence-electron chi connectivity index (χ2n) is 12.8. The highest BCUT2D eigenvalue weighted by molar-refractivity contribution is 6.05. The van der Waals surface area contributed by atoms with Crippen LogP contribution in [0.2, 0.25) is 0 Å². The minimum absolute atomic E-state index is 0.175. The quantitative estimate of drug-likeness (QED) is 0.0652. The number of nitrogens with one attached hydrogen (secondary N) is 2. The number of hydrogen-bond acceptors (Lipinski definition) is 8. The normalized spacial score (nSPS) is 16.0. The molecule has 2 aliphatic heterocycles. The average Bonchev–Trinajstić information content (AvgIpc) is 3.48. The van der Waals surface area contributed by atoms with Gasteiger partial charge in [0.2, 0.25) is 11.8 Å². The van der Waals surface area contributed by atoms with E-state index in [1.54, 1.807) is 23.1 Å². The molecule has 10 nitrogen and oxygen atoms in total. The predicted octanol–water partition coefficient (Wildman–Crippen LogP) is 6.44. The molecule has 1 atom stereocenters. The van der Waals surface area contributed by atoms with Gasteiger partial charge in [0.1, 0.15) is 24.1 Å². The molecule has 0 bridgehead atoms. The van der Waals surface area contributed by atoms with Crippen molar-refractivity contribution in [2.24, 2.45) is 0 Å². The van der Waals surface area contributed by atoms with Crippen LogP contribution in [0.4, 0.5) is 5.69 Å². The topological polar surface area (TPSA) is 126 Å². The van der Waals surface area contributed by atoms with Gasteiger partial charge >= 0.3 is 0 Å². The van der Waals surface area contributed by atoms with Crippen LogP contribution >= 0.6 is 0 Å². The molecule has 270 valence electrons. The van der Waals surface area contributed by atoms with Crippen molar-refractivity contribution in [3.8, 4) is 11.5 Å². The zero-order chi connectivity index (χ0) is 36.3. The number of phenols is 1. The highest BCUT2D eigenvalue weighted by atomic mass is 16.5. The molecule has 0 spiro atoms. The van der Waals surface area contributed by atoms with Crippen molar-refractivity contribution in [1.29, 1.82) is 0 Å². The van der Waals surface area contributed by atoms with Crippen LogP contribution in [-0.2, 0) is 25.6 Å². The maximum atomic E-state index is 12.9. The number of hydrogen-bond donors (Lipinski definition) is 3. The number of piperidine rings is 1. The van der Waals surface area contributed by atoms with Gasteiger partial charge in [-0.05, 0) is 95.1 Å². The van der Waals surface area contributed by atoms with E-state index in [0.717, 1.165) is 46.5 Å². The Labute approximate surface area is 304 Å². The van der Waals surface area contributed by atoms with Crippen LogP contribution in [0.25, 0.3) is 11.1 Å². The summed E-state index contributed by atoms with van der Waals surface area (Å²) in [6.45, 7) is 5.62. The van der Waals surface area contributed by atoms with Gasteiger partial charge in [0.05, 0.1) is 19.8 Å². The minimum Gasteiger partial charge on any atom is -0.508 e. The fourth-order valence-corrected chi connectivity index (χ4v) is 6.66. The standard InChI is InChI=1S/C42H45N3O7/c1-2-36(29-7-4-3-5-8-29)40(30-9-14-34(46)15-10-30)31-11-16-35(17-12-31)52-26-25-51-24-23-50-22-6-21-43-33-13-18-37-32(27-33)28-45(42(37)49)38-19-20-39(47)44-41(38)48/h3-5,7-18,27,38,43,46H,2,6,19-26,28H2,1H3,(H,44,47,48)/b40-36-. The SMILES string of the molecule is CC/C(=C(\c1ccc(O)cc1)c1ccc(OCCOCCOCCCNc2ccc3c(c2)CN(C2CCC(=O)NC2=O)C3=O)cc1)c1ccccc1. The summed E-state index contributed by atoms with van der Waals surface area (Å²) in [6.07, 6.45) is 2.24. The lowest BCUT2D eigenvalue weighted by atomic mass is 9.88. The molecular weight excluding hydrogens is 658 g/mol. The highest BCUT2D eigenvalue weighted by Gasteiger charge is 2.39. The molecule has 0 radical (unpaired) electrons. The van der Waals surface area contributed by atoms with Crippen molar-refractivity contribution < 1.29 is 33.7 Å². The number of carbonyl (C=O) groups is 3. The monoisotopic (exact) mass is 703 g/mol. The van der Waals surface area contributed by atoms with Crippen LogP contribution in [0.5, 0.6) is 11.5 Å². The van der Waals surface area contributed by atoms with Gasteiger partial charge in [0.25, 0.3) is 5.91 Å². The summed E-state index contributed by atoms with van der Waals surface area (Å²) in [5, 5.41) is 15.6. The second-order valence-corrected chi connectivity index (χ2v) is 12.8. The molecule has 2 heterocycles. The van der Waals surface area contributed by atoms with E-state index in [9.17, 15) is 19.5 Å². The molecular formula is C42H45N3O7. The molecule has 6 rings (SSSR count). The van der Waals surface area contributed by atoms with E-state index < -0.39 is 11.9 Å². The third-order valence-electron chi connectivity index (χ3n) is 9.26. The number of ether oxygens (including phenoxy) is 3. The third kappa shape index (κ3) is 9.06. The first-order valence-electron chi connectivity index (χ1n) is 17.9. The molecule has 52 heavy (non-hydrogen) atoms. The third-order valence-corrected chi connectivity index (χ3v) is 9.26. The lowest BCUT2D eigenvalue weighted by Gasteiger charge is -2.29. The molecule has 10 heteroatoms. The summed E-state index contributed by atoms with van der Waals surface area (Å²) >= 11 is 0. The number of phenolic OH excluding ortho intramolecular Hbond substituents is 1. The average molecular weight is 704 g/mol. The van der Waals surface area contributed by atoms with Crippen LogP contribution in [0.3, 0.4) is 0 Å². The van der Waals surface area contributed by atoms with Crippen molar-refractivity contribution in [2.75, 3.05) is 44.9 Å². The van der Waals surface area contributed by atoms with Crippen molar-refractivity contribution >= 4 is 34.6 Å². The Morgan fingerprint density at radius 2 is 1.52 bits per heavy atom. The number of allylic oxidation sites excluding steroid dienone is 1. The van der Waals surface area contributed by atoms with E-state index in [1.165, 1.54) is 11.1 Å². The van der Waals surface area contributed by atoms with E-state index in [-0.39, 0.29) is 24.0 Å². The summed E-state index contributed by atoms with van der Waals surface area (Å²) in [5.74, 6) is 0.129. The zero-order valence-corrected chi connectivity index (χ0v) is 29.4. The van der Waals surface area contributed by atoms with Crippen LogP contribution in [0.1, 0.15) is 65.2 Å². The molecule has 4 aromatic carbocycles. The Balaban J connectivity index is 0.876. The lowest BCUT2D eigenvalue weighted by Crippen LogP contribution is -2.52. The van der Waals surface area contributed by atoms with Gasteiger partial charge in [0, 0.05) is 37.4 Å². The van der Waals surface area contributed by atoms with Crippen LogP contribution in [0, 0.1) is 0 Å². The Hall–Kier alpha value is -5.45. The first kappa shape index (κ1) is 36.3. The Bertz CT molecular complexity index is 1870. The van der Waals surface area contributed by atoms with Crippen molar-refractivity contribution in [2.45, 2.75) is 45.2 Å². The molecule has 2 aliphatic rings. The molecule has 0 aliphatic carbocycles. The fourth-order valence-electron chi connectivity index (χ4n) is 6.66. The molecule has 3 amide bonds. The van der Waals surface area contributed by atoms with Crippen molar-refractivity contribution in [3.05, 3.63) is 125 Å². The summed E-state index contributed by atoms with van der Waals surface area (Å²) < 4.78 is 17.4. The number of anilines is 1. The number of fused-ring (bicyclic) bond motifs is 1. The summed E-state index contributed by atoms with van der Waals surface area (Å²) in [6, 6.07) is 30.8. The summed E-state index contributed by atoms with van der Waals surface area (Å²) in [4.78, 5) is 38.2. The maximum Gasteiger partial charge on any atom is 0.255 e. The lowest BCUT2D eigenvalue weighted by molar-refractivity contribution is -0.136. The second kappa shape index (κ2) is 17.7. The largest absolute Gasteiger partial charge is 0.508 e. The zero-order valence-electron chi connectivity index (χ0n) is 29.4. The van der Waals surface area contributed by atoms with Gasteiger partial charge in [0.15, 0.2) is 0 Å². The van der Waals surface area contributed by atoms with E-state index in [2.05, 4.69) is 54.0 Å². The van der Waals surface area contributed by atoms with E-state index in [4.69, 9.17) is 14.2 Å². The Morgan fingerprint density at radius 3 is 2.23 bits per heavy atom. The van der Waals surface area contributed by atoms with Crippen molar-refractivity contribution in [3.63, 3.8) is 0 Å².